The van der Waals surface area contributed by atoms with Crippen molar-refractivity contribution in [3.8, 4) is 16.9 Å². The topological polar surface area (TPSA) is 88.1 Å². The molecule has 6 aromatic rings. The third-order valence-electron chi connectivity index (χ3n) is 9.57. The first kappa shape index (κ1) is 35.3. The van der Waals surface area contributed by atoms with Crippen LogP contribution in [-0.2, 0) is 50.6 Å². The number of nitrogens with zero attached hydrogens (tertiary/aromatic N) is 5. The molecule has 0 radical (unpaired) electrons. The Hall–Kier alpha value is -4.54. The van der Waals surface area contributed by atoms with Crippen molar-refractivity contribution in [3.05, 3.63) is 94.2 Å². The van der Waals surface area contributed by atoms with E-state index in [1.807, 2.05) is 44.2 Å². The molecule has 0 saturated heterocycles. The average molecular weight is 695 g/mol. The minimum absolute atomic E-state index is 0. The fourth-order valence-corrected chi connectivity index (χ4v) is 8.08. The molecule has 0 saturated carbocycles. The average Bonchev–Trinajstić information content (AvgIpc) is 3.73. The molecule has 3 aromatic heterocycles. The van der Waals surface area contributed by atoms with Crippen LogP contribution < -0.4 is 10.1 Å². The summed E-state index contributed by atoms with van der Waals surface area (Å²) in [6, 6.07) is 19.3. The highest BCUT2D eigenvalue weighted by Crippen LogP contribution is 2.41. The van der Waals surface area contributed by atoms with E-state index >= 15 is 0 Å². The van der Waals surface area contributed by atoms with Gasteiger partial charge in [0.15, 0.2) is 0 Å². The second-order valence-corrected chi connectivity index (χ2v) is 13.5. The van der Waals surface area contributed by atoms with Crippen LogP contribution in [0.4, 0.5) is 0 Å². The first-order chi connectivity index (χ1) is 24.3. The van der Waals surface area contributed by atoms with Gasteiger partial charge in [0, 0.05) is 79.0 Å². The number of rotatable bonds is 2. The molecule has 4 heterocycles. The number of benzene rings is 3. The zero-order valence-corrected chi connectivity index (χ0v) is 31.3. The summed E-state index contributed by atoms with van der Waals surface area (Å²) in [6.45, 7) is 12.7. The van der Waals surface area contributed by atoms with Gasteiger partial charge in [-0.1, -0.05) is 51.1 Å². The summed E-state index contributed by atoms with van der Waals surface area (Å²) in [4.78, 5) is 14.6. The lowest BCUT2D eigenvalue weighted by molar-refractivity contribution is 0.0587. The Morgan fingerprint density at radius 3 is 2.60 bits per heavy atom. The number of hydrogen-bond acceptors (Lipinski definition) is 7. The van der Waals surface area contributed by atoms with Gasteiger partial charge in [0.25, 0.3) is 0 Å². The number of aryl methyl sites for hydroxylation is 5. The van der Waals surface area contributed by atoms with Crippen LogP contribution in [0.2, 0.25) is 0 Å². The molecule has 3 aromatic carbocycles. The van der Waals surface area contributed by atoms with Crippen molar-refractivity contribution in [2.24, 2.45) is 14.1 Å². The molecule has 0 aliphatic carbocycles. The quantitative estimate of drug-likeness (QED) is 0.182. The van der Waals surface area contributed by atoms with Gasteiger partial charge in [0.2, 0.25) is 0 Å². The molecule has 9 nitrogen and oxygen atoms in total. The highest BCUT2D eigenvalue weighted by molar-refractivity contribution is 7.98. The Morgan fingerprint density at radius 1 is 1.02 bits per heavy atom. The van der Waals surface area contributed by atoms with E-state index < -0.39 is 0 Å². The van der Waals surface area contributed by atoms with Crippen LogP contribution in [0.5, 0.6) is 5.75 Å². The Balaban J connectivity index is 0.00000165. The normalized spacial score (nSPS) is 13.7. The van der Waals surface area contributed by atoms with Gasteiger partial charge in [-0.3, -0.25) is 9.36 Å². The third kappa shape index (κ3) is 6.54. The molecule has 7 rings (SSSR count). The molecule has 0 amide bonds. The lowest BCUT2D eigenvalue weighted by Gasteiger charge is -2.15. The Labute approximate surface area is 300 Å². The van der Waals surface area contributed by atoms with Crippen molar-refractivity contribution < 1.29 is 15.7 Å². The van der Waals surface area contributed by atoms with E-state index in [1.165, 1.54) is 12.7 Å². The standard InChI is InChI=1S/C38H42N6O3S.C2H6.H2/c1-7-25-13-14-32-34-23(2)37(38(45)46-6)44(32)15-10-16-47-33-19-29(17-26-11-8-9-12-30(26)33)48-22-28-18-27(40-43(28)5)20-39-21-31-35(36(25)34)24(3)42(4)41-31;1-2;/h8-9,11-14,17-19,39H,7,10,15-16,20-22H2,1-6H3;1-2H3;1H. The molecule has 0 unspecified atom stereocenters. The van der Waals surface area contributed by atoms with E-state index in [-0.39, 0.29) is 7.40 Å². The zero-order valence-electron chi connectivity index (χ0n) is 30.5. The first-order valence-electron chi connectivity index (χ1n) is 17.6. The van der Waals surface area contributed by atoms with Gasteiger partial charge in [0.1, 0.15) is 11.4 Å². The number of methoxy groups -OCH3 is 1. The van der Waals surface area contributed by atoms with Crippen molar-refractivity contribution in [1.29, 1.82) is 0 Å². The van der Waals surface area contributed by atoms with Crippen LogP contribution in [0, 0.1) is 13.8 Å². The zero-order chi connectivity index (χ0) is 35.5. The largest absolute Gasteiger partial charge is 0.493 e. The summed E-state index contributed by atoms with van der Waals surface area (Å²) in [5, 5.41) is 16.7. The monoisotopic (exact) mass is 694 g/mol. The molecular weight excluding hydrogens is 645 g/mol. The molecule has 0 fully saturated rings. The van der Waals surface area contributed by atoms with Gasteiger partial charge >= 0.3 is 5.97 Å². The molecule has 50 heavy (non-hydrogen) atoms. The van der Waals surface area contributed by atoms with E-state index in [2.05, 4.69) is 78.3 Å². The van der Waals surface area contributed by atoms with E-state index in [0.29, 0.717) is 38.4 Å². The summed E-state index contributed by atoms with van der Waals surface area (Å²) in [6.07, 6.45) is 1.56. The summed E-state index contributed by atoms with van der Waals surface area (Å²) >= 11 is 1.78. The molecule has 8 bridgehead atoms. The second-order valence-electron chi connectivity index (χ2n) is 12.5. The SMILES string of the molecule is CC.CCc1ccc2c3c(C)c(C(=O)OC)n2CCCOc2cc(cc4ccccc24)SCc2cc(nn2C)CNCc2nn(C)c(C)c2-c13.[HH]. The maximum Gasteiger partial charge on any atom is 0.354 e. The maximum absolute atomic E-state index is 13.4. The highest BCUT2D eigenvalue weighted by atomic mass is 32.2. The number of nitrogens with one attached hydrogen (secondary N) is 1. The molecule has 10 heteroatoms. The summed E-state index contributed by atoms with van der Waals surface area (Å²) in [7, 11) is 5.46. The van der Waals surface area contributed by atoms with Crippen molar-refractivity contribution in [2.75, 3.05) is 13.7 Å². The van der Waals surface area contributed by atoms with Crippen molar-refractivity contribution in [2.45, 2.75) is 77.7 Å². The Bertz CT molecular complexity index is 2180. The summed E-state index contributed by atoms with van der Waals surface area (Å²) in [5.41, 5.74) is 10.2. The maximum atomic E-state index is 13.4. The summed E-state index contributed by atoms with van der Waals surface area (Å²) in [5.74, 6) is 1.32. The second kappa shape index (κ2) is 15.1. The van der Waals surface area contributed by atoms with Gasteiger partial charge in [-0.15, -0.1) is 11.8 Å². The molecular formula is C40H50N6O3S. The van der Waals surface area contributed by atoms with Crippen LogP contribution >= 0.6 is 11.8 Å². The van der Waals surface area contributed by atoms with Gasteiger partial charge < -0.3 is 19.4 Å². The Kier molecular flexibility index (Phi) is 10.7. The smallest absolute Gasteiger partial charge is 0.354 e. The van der Waals surface area contributed by atoms with E-state index in [0.717, 1.165) is 84.0 Å². The number of hydrogen-bond donors (Lipinski definition) is 1. The number of ether oxygens (including phenoxy) is 2. The number of fused-ring (bicyclic) bond motifs is 8. The lowest BCUT2D eigenvalue weighted by atomic mass is 9.91. The minimum Gasteiger partial charge on any atom is -0.493 e. The van der Waals surface area contributed by atoms with Gasteiger partial charge in [-0.25, -0.2) is 4.79 Å². The molecule has 0 atom stereocenters. The van der Waals surface area contributed by atoms with E-state index in [1.54, 1.807) is 11.8 Å². The van der Waals surface area contributed by atoms with Crippen LogP contribution in [-0.4, -0.2) is 43.8 Å². The number of aromatic nitrogens is 5. The predicted molar refractivity (Wildman–Crippen MR) is 205 cm³/mol. The van der Waals surface area contributed by atoms with Gasteiger partial charge in [0.05, 0.1) is 25.1 Å². The molecule has 1 aliphatic heterocycles. The van der Waals surface area contributed by atoms with E-state index in [4.69, 9.17) is 19.7 Å². The fourth-order valence-electron chi connectivity index (χ4n) is 7.09. The van der Waals surface area contributed by atoms with E-state index in [9.17, 15) is 4.79 Å². The molecule has 1 aliphatic rings. The Morgan fingerprint density at radius 2 is 1.82 bits per heavy atom. The highest BCUT2D eigenvalue weighted by Gasteiger charge is 2.27. The fraction of sp³-hybridized carbons (Fsp3) is 0.375. The number of esters is 1. The van der Waals surface area contributed by atoms with Gasteiger partial charge in [-0.05, 0) is 73.0 Å². The van der Waals surface area contributed by atoms with Crippen molar-refractivity contribution >= 4 is 39.4 Å². The number of carbonyl (C=O) groups is 1. The number of thioether (sulfide) groups is 1. The molecule has 1 N–H and O–H groups in total. The van der Waals surface area contributed by atoms with Crippen LogP contribution in [0.25, 0.3) is 32.8 Å². The van der Waals surface area contributed by atoms with Crippen LogP contribution in [0.3, 0.4) is 0 Å². The minimum atomic E-state index is -0.335. The van der Waals surface area contributed by atoms with Crippen molar-refractivity contribution in [1.82, 2.24) is 29.4 Å². The summed E-state index contributed by atoms with van der Waals surface area (Å²) < 4.78 is 17.9. The lowest BCUT2D eigenvalue weighted by Crippen LogP contribution is -2.14. The predicted octanol–water partition coefficient (Wildman–Crippen LogP) is 8.53. The van der Waals surface area contributed by atoms with Gasteiger partial charge in [-0.2, -0.15) is 10.2 Å². The first-order valence-corrected chi connectivity index (χ1v) is 18.5. The molecule has 264 valence electrons. The van der Waals surface area contributed by atoms with Crippen LogP contribution in [0.15, 0.2) is 59.5 Å². The van der Waals surface area contributed by atoms with Crippen LogP contribution in [0.1, 0.15) is 73.0 Å². The third-order valence-corrected chi connectivity index (χ3v) is 10.6. The molecule has 0 spiro atoms. The van der Waals surface area contributed by atoms with Crippen molar-refractivity contribution in [3.63, 3.8) is 0 Å². The number of carbonyl (C=O) groups excluding carboxylic acids is 1.